The predicted octanol–water partition coefficient (Wildman–Crippen LogP) is 1.87. The smallest absolute Gasteiger partial charge is 0.235 e. The van der Waals surface area contributed by atoms with Crippen molar-refractivity contribution in [3.05, 3.63) is 23.4 Å². The van der Waals surface area contributed by atoms with E-state index in [2.05, 4.69) is 31.1 Å². The number of rotatable bonds is 7. The van der Waals surface area contributed by atoms with Crippen molar-refractivity contribution >= 4 is 15.7 Å². The Morgan fingerprint density at radius 1 is 1.35 bits per heavy atom. The van der Waals surface area contributed by atoms with Crippen LogP contribution < -0.4 is 10.1 Å². The Kier molecular flexibility index (Phi) is 6.56. The molecule has 0 atom stereocenters. The molecule has 0 saturated heterocycles. The summed E-state index contributed by atoms with van der Waals surface area (Å²) < 4.78 is 29.3. The van der Waals surface area contributed by atoms with Crippen LogP contribution in [0.1, 0.15) is 38.3 Å². The molecule has 1 amide bonds. The van der Waals surface area contributed by atoms with E-state index in [1.807, 2.05) is 0 Å². The summed E-state index contributed by atoms with van der Waals surface area (Å²) in [6, 6.07) is 1.71. The first-order valence-electron chi connectivity index (χ1n) is 7.49. The highest BCUT2D eigenvalue weighted by atomic mass is 32.2. The zero-order valence-corrected chi connectivity index (χ0v) is 15.3. The average Bonchev–Trinajstić information content (AvgIpc) is 2.35. The molecule has 1 rings (SSSR count). The molecule has 0 aliphatic rings. The first kappa shape index (κ1) is 19.4. The minimum Gasteiger partial charge on any atom is -0.481 e. The van der Waals surface area contributed by atoms with Crippen LogP contribution >= 0.6 is 0 Å². The standard InChI is InChI=1S/C16H26N2O4S/c1-12-8-13(9-18-15(12)22-5)10-23(20,21)11-14(19)17-7-6-16(2,3)4/h8-9H,6-7,10-11H2,1-5H3,(H,17,19). The Morgan fingerprint density at radius 3 is 2.52 bits per heavy atom. The lowest BCUT2D eigenvalue weighted by atomic mass is 9.92. The largest absolute Gasteiger partial charge is 0.481 e. The van der Waals surface area contributed by atoms with Gasteiger partial charge in [0.25, 0.3) is 0 Å². The Bertz CT molecular complexity index is 649. The van der Waals surface area contributed by atoms with Crippen LogP contribution in [-0.2, 0) is 20.4 Å². The molecule has 1 N–H and O–H groups in total. The first-order valence-corrected chi connectivity index (χ1v) is 9.31. The monoisotopic (exact) mass is 342 g/mol. The van der Waals surface area contributed by atoms with Crippen LogP contribution in [0.25, 0.3) is 0 Å². The van der Waals surface area contributed by atoms with Crippen molar-refractivity contribution in [2.45, 2.75) is 39.9 Å². The molecule has 0 radical (unpaired) electrons. The molecule has 7 heteroatoms. The van der Waals surface area contributed by atoms with Crippen LogP contribution in [0.5, 0.6) is 5.88 Å². The third-order valence-electron chi connectivity index (χ3n) is 3.21. The lowest BCUT2D eigenvalue weighted by Gasteiger charge is -2.18. The van der Waals surface area contributed by atoms with Gasteiger partial charge in [0.1, 0.15) is 5.75 Å². The second kappa shape index (κ2) is 7.77. The van der Waals surface area contributed by atoms with Crippen molar-refractivity contribution in [3.63, 3.8) is 0 Å². The van der Waals surface area contributed by atoms with Gasteiger partial charge in [-0.05, 0) is 30.4 Å². The van der Waals surface area contributed by atoms with Crippen molar-refractivity contribution in [1.29, 1.82) is 0 Å². The molecule has 130 valence electrons. The topological polar surface area (TPSA) is 85.4 Å². The van der Waals surface area contributed by atoms with Crippen LogP contribution in [0.3, 0.4) is 0 Å². The summed E-state index contributed by atoms with van der Waals surface area (Å²) >= 11 is 0. The molecule has 0 bridgehead atoms. The summed E-state index contributed by atoms with van der Waals surface area (Å²) in [5, 5.41) is 2.66. The maximum absolute atomic E-state index is 12.1. The van der Waals surface area contributed by atoms with E-state index in [1.54, 1.807) is 13.0 Å². The number of methoxy groups -OCH3 is 1. The molecule has 0 fully saturated rings. The first-order chi connectivity index (χ1) is 10.5. The number of hydrogen-bond donors (Lipinski definition) is 1. The molecule has 0 aliphatic carbocycles. The zero-order valence-electron chi connectivity index (χ0n) is 14.5. The number of carbonyl (C=O) groups excluding carboxylic acids is 1. The molecule has 0 spiro atoms. The van der Waals surface area contributed by atoms with E-state index in [0.29, 0.717) is 18.0 Å². The second-order valence-electron chi connectivity index (χ2n) is 6.86. The Balaban J connectivity index is 2.59. The van der Waals surface area contributed by atoms with Gasteiger partial charge >= 0.3 is 0 Å². The molecule has 6 nitrogen and oxygen atoms in total. The molecule has 0 saturated carbocycles. The molecule has 0 unspecified atom stereocenters. The average molecular weight is 342 g/mol. The van der Waals surface area contributed by atoms with Crippen LogP contribution in [0.4, 0.5) is 0 Å². The second-order valence-corrected chi connectivity index (χ2v) is 8.93. The van der Waals surface area contributed by atoms with E-state index in [-0.39, 0.29) is 11.2 Å². The van der Waals surface area contributed by atoms with Gasteiger partial charge in [0.2, 0.25) is 11.8 Å². The van der Waals surface area contributed by atoms with E-state index < -0.39 is 21.5 Å². The molecule has 1 heterocycles. The number of amides is 1. The van der Waals surface area contributed by atoms with Gasteiger partial charge < -0.3 is 10.1 Å². The van der Waals surface area contributed by atoms with E-state index in [1.165, 1.54) is 13.3 Å². The van der Waals surface area contributed by atoms with E-state index >= 15 is 0 Å². The number of hydrogen-bond acceptors (Lipinski definition) is 5. The third kappa shape index (κ3) is 7.45. The maximum Gasteiger partial charge on any atom is 0.235 e. The lowest BCUT2D eigenvalue weighted by Crippen LogP contribution is -2.33. The van der Waals surface area contributed by atoms with Gasteiger partial charge in [-0.3, -0.25) is 4.79 Å². The van der Waals surface area contributed by atoms with E-state index in [4.69, 9.17) is 4.74 Å². The minimum absolute atomic E-state index is 0.0957. The van der Waals surface area contributed by atoms with Gasteiger partial charge in [-0.25, -0.2) is 13.4 Å². The minimum atomic E-state index is -3.53. The summed E-state index contributed by atoms with van der Waals surface area (Å²) in [5.74, 6) is -0.724. The number of nitrogens with one attached hydrogen (secondary N) is 1. The number of ether oxygens (including phenoxy) is 1. The zero-order chi connectivity index (χ0) is 17.7. The molecule has 0 aromatic carbocycles. The molecule has 1 aromatic rings. The number of aromatic nitrogens is 1. The Labute approximate surface area is 138 Å². The highest BCUT2D eigenvalue weighted by Gasteiger charge is 2.19. The van der Waals surface area contributed by atoms with Crippen LogP contribution in [0, 0.1) is 12.3 Å². The lowest BCUT2D eigenvalue weighted by molar-refractivity contribution is -0.118. The SMILES string of the molecule is COc1ncc(CS(=O)(=O)CC(=O)NCCC(C)(C)C)cc1C. The maximum atomic E-state index is 12.1. The summed E-state index contributed by atoms with van der Waals surface area (Å²) in [6.45, 7) is 8.46. The fraction of sp³-hybridized carbons (Fsp3) is 0.625. The molecular weight excluding hydrogens is 316 g/mol. The van der Waals surface area contributed by atoms with Gasteiger partial charge in [0.15, 0.2) is 9.84 Å². The fourth-order valence-corrected chi connectivity index (χ4v) is 3.32. The number of sulfone groups is 1. The third-order valence-corrected chi connectivity index (χ3v) is 4.69. The fourth-order valence-electron chi connectivity index (χ4n) is 2.05. The number of nitrogens with zero attached hydrogens (tertiary/aromatic N) is 1. The summed E-state index contributed by atoms with van der Waals surface area (Å²) in [7, 11) is -2.02. The highest BCUT2D eigenvalue weighted by Crippen LogP contribution is 2.17. The molecule has 0 aliphatic heterocycles. The van der Waals surface area contributed by atoms with Gasteiger partial charge in [-0.1, -0.05) is 20.8 Å². The van der Waals surface area contributed by atoms with E-state index in [0.717, 1.165) is 12.0 Å². The molecule has 23 heavy (non-hydrogen) atoms. The summed E-state index contributed by atoms with van der Waals surface area (Å²) in [4.78, 5) is 15.8. The van der Waals surface area contributed by atoms with E-state index in [9.17, 15) is 13.2 Å². The molecular formula is C16H26N2O4S. The van der Waals surface area contributed by atoms with Gasteiger partial charge in [-0.2, -0.15) is 0 Å². The van der Waals surface area contributed by atoms with Crippen molar-refractivity contribution in [3.8, 4) is 5.88 Å². The Hall–Kier alpha value is -1.63. The number of carbonyl (C=O) groups is 1. The van der Waals surface area contributed by atoms with Crippen LogP contribution in [-0.4, -0.2) is 38.7 Å². The normalized spacial score (nSPS) is 12.0. The quantitative estimate of drug-likeness (QED) is 0.817. The van der Waals surface area contributed by atoms with Crippen LogP contribution in [0.2, 0.25) is 0 Å². The Morgan fingerprint density at radius 2 is 2.00 bits per heavy atom. The van der Waals surface area contributed by atoms with Crippen molar-refractivity contribution < 1.29 is 17.9 Å². The van der Waals surface area contributed by atoms with Crippen molar-refractivity contribution in [2.24, 2.45) is 5.41 Å². The molecule has 1 aromatic heterocycles. The van der Waals surface area contributed by atoms with Gasteiger partial charge in [0, 0.05) is 18.3 Å². The number of pyridine rings is 1. The summed E-state index contributed by atoms with van der Waals surface area (Å²) in [5.41, 5.74) is 1.40. The van der Waals surface area contributed by atoms with Crippen molar-refractivity contribution in [2.75, 3.05) is 19.4 Å². The predicted molar refractivity (Wildman–Crippen MR) is 90.1 cm³/mol. The number of aryl methyl sites for hydroxylation is 1. The highest BCUT2D eigenvalue weighted by molar-refractivity contribution is 7.91. The summed E-state index contributed by atoms with van der Waals surface area (Å²) in [6.07, 6.45) is 2.25. The van der Waals surface area contributed by atoms with Gasteiger partial charge in [0.05, 0.1) is 12.9 Å². The van der Waals surface area contributed by atoms with Gasteiger partial charge in [-0.15, -0.1) is 0 Å². The van der Waals surface area contributed by atoms with Crippen molar-refractivity contribution in [1.82, 2.24) is 10.3 Å². The van der Waals surface area contributed by atoms with Crippen LogP contribution in [0.15, 0.2) is 12.3 Å².